The van der Waals surface area contributed by atoms with Crippen LogP contribution in [0.4, 0.5) is 0 Å². The minimum absolute atomic E-state index is 0.845. The maximum absolute atomic E-state index is 5.01. The molecule has 8 aromatic rings. The lowest BCUT2D eigenvalue weighted by Gasteiger charge is -1.86. The Morgan fingerprint density at radius 3 is 2.42 bits per heavy atom. The van der Waals surface area contributed by atoms with Crippen LogP contribution in [0.2, 0.25) is 0 Å². The number of imidazole rings is 1. The van der Waals surface area contributed by atoms with Gasteiger partial charge in [0.2, 0.25) is 0 Å². The van der Waals surface area contributed by atoms with Crippen LogP contribution in [0.3, 0.4) is 0 Å². The fourth-order valence-corrected chi connectivity index (χ4v) is 4.36. The molecule has 3 aromatic carbocycles. The first-order chi connectivity index (χ1) is 17.9. The maximum Gasteiger partial charge on any atom is 0.181 e. The second kappa shape index (κ2) is 11.6. The number of aromatic nitrogens is 4. The van der Waals surface area contributed by atoms with Crippen LogP contribution in [-0.4, -0.2) is 19.4 Å². The third kappa shape index (κ3) is 5.87. The van der Waals surface area contributed by atoms with Crippen LogP contribution in [0.5, 0.6) is 0 Å². The minimum Gasteiger partial charge on any atom is -0.443 e. The monoisotopic (exact) mass is 488 g/mol. The maximum atomic E-state index is 5.01. The quantitative estimate of drug-likeness (QED) is 0.234. The summed E-state index contributed by atoms with van der Waals surface area (Å²) in [6.07, 6.45) is 8.99. The number of hydrogen-bond acceptors (Lipinski definition) is 4. The molecule has 36 heavy (non-hydrogen) atoms. The fraction of sp³-hybridized carbons (Fsp3) is 0. The van der Waals surface area contributed by atoms with Crippen LogP contribution in [0.25, 0.3) is 37.6 Å². The summed E-state index contributed by atoms with van der Waals surface area (Å²) in [5.74, 6) is 0. The van der Waals surface area contributed by atoms with Crippen molar-refractivity contribution in [2.45, 2.75) is 0 Å². The van der Waals surface area contributed by atoms with E-state index in [0.29, 0.717) is 0 Å². The molecule has 0 aliphatic carbocycles. The fourth-order valence-electron chi connectivity index (χ4n) is 3.57. The van der Waals surface area contributed by atoms with E-state index in [9.17, 15) is 0 Å². The Morgan fingerprint density at radius 2 is 1.56 bits per heavy atom. The molecule has 0 saturated heterocycles. The van der Waals surface area contributed by atoms with E-state index in [1.54, 1.807) is 17.7 Å². The van der Waals surface area contributed by atoms with E-state index in [4.69, 9.17) is 4.42 Å². The summed E-state index contributed by atoms with van der Waals surface area (Å²) in [5, 5.41) is 4.74. The smallest absolute Gasteiger partial charge is 0.181 e. The van der Waals surface area contributed by atoms with Gasteiger partial charge in [0.05, 0.1) is 18.0 Å². The second-order valence-electron chi connectivity index (χ2n) is 7.77. The van der Waals surface area contributed by atoms with E-state index in [0.717, 1.165) is 16.6 Å². The molecule has 0 bridgehead atoms. The van der Waals surface area contributed by atoms with Crippen LogP contribution < -0.4 is 0 Å². The molecule has 8 rings (SSSR count). The number of hydrogen-bond donors (Lipinski definition) is 1. The van der Waals surface area contributed by atoms with Gasteiger partial charge in [0.15, 0.2) is 12.0 Å². The minimum atomic E-state index is 0.845. The normalized spacial score (nSPS) is 10.2. The van der Waals surface area contributed by atoms with Gasteiger partial charge in [0.1, 0.15) is 5.52 Å². The highest BCUT2D eigenvalue weighted by atomic mass is 32.1. The topological polar surface area (TPSA) is 59.1 Å². The van der Waals surface area contributed by atoms with Crippen LogP contribution >= 0.6 is 11.3 Å². The number of benzene rings is 3. The zero-order chi connectivity index (χ0) is 24.4. The lowest BCUT2D eigenvalue weighted by Crippen LogP contribution is -1.75. The summed E-state index contributed by atoms with van der Waals surface area (Å²) >= 11 is 1.79. The molecule has 0 aliphatic rings. The van der Waals surface area contributed by atoms with Crippen LogP contribution in [-0.2, 0) is 0 Å². The van der Waals surface area contributed by atoms with Gasteiger partial charge in [0.25, 0.3) is 0 Å². The van der Waals surface area contributed by atoms with Crippen molar-refractivity contribution in [1.29, 1.82) is 0 Å². The highest BCUT2D eigenvalue weighted by Gasteiger charge is 1.91. The molecule has 0 spiro atoms. The van der Waals surface area contributed by atoms with Gasteiger partial charge in [-0.05, 0) is 64.7 Å². The number of fused-ring (bicyclic) bond motifs is 4. The molecule has 0 amide bonds. The van der Waals surface area contributed by atoms with Gasteiger partial charge in [-0.25, -0.2) is 9.97 Å². The molecule has 1 N–H and O–H groups in total. The van der Waals surface area contributed by atoms with E-state index in [1.165, 1.54) is 27.4 Å². The molecule has 0 radical (unpaired) electrons. The van der Waals surface area contributed by atoms with Crippen LogP contribution in [0, 0.1) is 0 Å². The predicted octanol–water partition coefficient (Wildman–Crippen LogP) is 8.23. The zero-order valence-corrected chi connectivity index (χ0v) is 20.3. The molecule has 0 saturated carbocycles. The predicted molar refractivity (Wildman–Crippen MR) is 149 cm³/mol. The first kappa shape index (κ1) is 23.1. The molecule has 0 aliphatic heterocycles. The Balaban J connectivity index is 0.0000000988. The molecule has 5 aromatic heterocycles. The van der Waals surface area contributed by atoms with Crippen molar-refractivity contribution in [2.24, 2.45) is 0 Å². The molecule has 0 unspecified atom stereocenters. The zero-order valence-electron chi connectivity index (χ0n) is 19.4. The van der Waals surface area contributed by atoms with Gasteiger partial charge >= 0.3 is 0 Å². The van der Waals surface area contributed by atoms with Gasteiger partial charge < -0.3 is 13.8 Å². The number of pyridine rings is 1. The van der Waals surface area contributed by atoms with E-state index < -0.39 is 0 Å². The van der Waals surface area contributed by atoms with Gasteiger partial charge in [0, 0.05) is 22.6 Å². The summed E-state index contributed by atoms with van der Waals surface area (Å²) in [6, 6.07) is 34.5. The number of nitrogens with zero attached hydrogens (tertiary/aromatic N) is 3. The number of aromatic amines is 1. The molecule has 176 valence electrons. The largest absolute Gasteiger partial charge is 0.443 e. The van der Waals surface area contributed by atoms with E-state index in [-0.39, 0.29) is 0 Å². The third-order valence-corrected chi connectivity index (χ3v) is 6.28. The number of H-pyrrole nitrogens is 1. The summed E-state index contributed by atoms with van der Waals surface area (Å²) in [5.41, 5.74) is 4.10. The first-order valence-corrected chi connectivity index (χ1v) is 12.3. The van der Waals surface area contributed by atoms with Crippen molar-refractivity contribution < 1.29 is 4.42 Å². The SMILES string of the molecule is c1ccc2[nH]ccc2c1.c1ccc2ocnc2c1.c1ccc2sccc2c1.c1ccn2cncc2c1. The molecule has 5 nitrogen and oxygen atoms in total. The summed E-state index contributed by atoms with van der Waals surface area (Å²) < 4.78 is 8.35. The standard InChI is InChI=1S/C8H7N.C8H6S.C7H6N2.C7H5NO/c2*1-2-4-8-7(3-1)5-6-9-8;1-2-4-9-6-8-5-7(9)3-1;1-2-4-7-6(3-1)8-5-9-7/h1-6,9H;2*1-6H;1-5H. The lowest BCUT2D eigenvalue weighted by atomic mass is 10.3. The molecular weight excluding hydrogens is 464 g/mol. The molecule has 5 heterocycles. The molecule has 0 atom stereocenters. The van der Waals surface area contributed by atoms with Gasteiger partial charge in [-0.1, -0.05) is 54.6 Å². The van der Waals surface area contributed by atoms with Crippen molar-refractivity contribution in [1.82, 2.24) is 19.4 Å². The Bertz CT molecular complexity index is 1390. The van der Waals surface area contributed by atoms with Crippen LogP contribution in [0.15, 0.2) is 144 Å². The van der Waals surface area contributed by atoms with E-state index in [1.807, 2.05) is 77.6 Å². The summed E-state index contributed by atoms with van der Waals surface area (Å²) in [7, 11) is 0. The number of para-hydroxylation sites is 3. The Kier molecular flexibility index (Phi) is 7.46. The van der Waals surface area contributed by atoms with Gasteiger partial charge in [-0.2, -0.15) is 0 Å². The van der Waals surface area contributed by atoms with Crippen molar-refractivity contribution in [3.05, 3.63) is 140 Å². The first-order valence-electron chi connectivity index (χ1n) is 11.5. The summed E-state index contributed by atoms with van der Waals surface area (Å²) in [4.78, 5) is 11.0. The van der Waals surface area contributed by atoms with Gasteiger partial charge in [-0.3, -0.25) is 0 Å². The highest BCUT2D eigenvalue weighted by molar-refractivity contribution is 7.17. The highest BCUT2D eigenvalue weighted by Crippen LogP contribution is 2.18. The second-order valence-corrected chi connectivity index (χ2v) is 8.72. The Hall–Kier alpha value is -4.68. The Morgan fingerprint density at radius 1 is 0.750 bits per heavy atom. The Labute approximate surface area is 212 Å². The van der Waals surface area contributed by atoms with Gasteiger partial charge in [-0.15, -0.1) is 11.3 Å². The third-order valence-electron chi connectivity index (χ3n) is 5.38. The number of nitrogens with one attached hydrogen (secondary N) is 1. The average Bonchev–Trinajstić information content (AvgIpc) is 3.76. The average molecular weight is 489 g/mol. The molecule has 0 fully saturated rings. The molecular formula is C30H24N4OS. The lowest BCUT2D eigenvalue weighted by molar-refractivity contribution is 0.602. The van der Waals surface area contributed by atoms with Crippen molar-refractivity contribution in [3.63, 3.8) is 0 Å². The van der Waals surface area contributed by atoms with Crippen LogP contribution in [0.1, 0.15) is 0 Å². The van der Waals surface area contributed by atoms with Crippen molar-refractivity contribution >= 4 is 48.9 Å². The van der Waals surface area contributed by atoms with E-state index >= 15 is 0 Å². The number of thiophene rings is 1. The number of oxazole rings is 1. The van der Waals surface area contributed by atoms with Crippen molar-refractivity contribution in [2.75, 3.05) is 0 Å². The van der Waals surface area contributed by atoms with E-state index in [2.05, 4.69) is 68.9 Å². The van der Waals surface area contributed by atoms with Crippen molar-refractivity contribution in [3.8, 4) is 0 Å². The summed E-state index contributed by atoms with van der Waals surface area (Å²) in [6.45, 7) is 0. The number of rotatable bonds is 0. The molecule has 6 heteroatoms.